The van der Waals surface area contributed by atoms with E-state index in [1.54, 1.807) is 17.1 Å². The molecule has 0 aliphatic carbocycles. The van der Waals surface area contributed by atoms with Gasteiger partial charge < -0.3 is 15.4 Å². The molecular weight excluding hydrogens is 356 g/mol. The SMILES string of the molecule is CC(C)(CNCC(=O)c1cnn(Cc2ccccc2)c1)NC(=O)OC(C)(C)C. The average molecular weight is 386 g/mol. The Bertz CT molecular complexity index is 791. The molecule has 0 saturated carbocycles. The molecule has 0 unspecified atom stereocenters. The van der Waals surface area contributed by atoms with Crippen molar-refractivity contribution in [2.45, 2.75) is 52.3 Å². The molecule has 2 aromatic rings. The number of amides is 1. The molecule has 0 atom stereocenters. The molecule has 0 saturated heterocycles. The Morgan fingerprint density at radius 1 is 1.11 bits per heavy atom. The van der Waals surface area contributed by atoms with Gasteiger partial charge in [-0.05, 0) is 40.2 Å². The van der Waals surface area contributed by atoms with E-state index in [2.05, 4.69) is 15.7 Å². The van der Waals surface area contributed by atoms with Crippen LogP contribution >= 0.6 is 0 Å². The minimum atomic E-state index is -0.555. The molecule has 1 amide bonds. The number of hydrogen-bond donors (Lipinski definition) is 2. The lowest BCUT2D eigenvalue weighted by Crippen LogP contribution is -2.52. The maximum atomic E-state index is 12.4. The minimum absolute atomic E-state index is 0.0487. The zero-order chi connectivity index (χ0) is 20.8. The zero-order valence-corrected chi connectivity index (χ0v) is 17.3. The molecule has 0 bridgehead atoms. The number of rotatable bonds is 8. The molecule has 0 spiro atoms. The fraction of sp³-hybridized carbons (Fsp3) is 0.476. The maximum absolute atomic E-state index is 12.4. The van der Waals surface area contributed by atoms with Crippen molar-refractivity contribution < 1.29 is 14.3 Å². The van der Waals surface area contributed by atoms with Gasteiger partial charge in [0.2, 0.25) is 0 Å². The normalized spacial score (nSPS) is 11.9. The standard InChI is InChI=1S/C21H30N4O3/c1-20(2,3)28-19(27)24-21(4,5)15-22-12-18(26)17-11-23-25(14-17)13-16-9-7-6-8-10-16/h6-11,14,22H,12-13,15H2,1-5H3,(H,24,27). The monoisotopic (exact) mass is 386 g/mol. The Morgan fingerprint density at radius 3 is 2.43 bits per heavy atom. The molecule has 1 heterocycles. The molecule has 0 aliphatic heterocycles. The van der Waals surface area contributed by atoms with Crippen molar-refractivity contribution in [1.82, 2.24) is 20.4 Å². The summed E-state index contributed by atoms with van der Waals surface area (Å²) in [6.07, 6.45) is 2.85. The molecule has 0 fully saturated rings. The summed E-state index contributed by atoms with van der Waals surface area (Å²) in [4.78, 5) is 24.3. The highest BCUT2D eigenvalue weighted by molar-refractivity contribution is 5.97. The number of nitrogens with zero attached hydrogens (tertiary/aromatic N) is 2. The van der Waals surface area contributed by atoms with Gasteiger partial charge in [0.15, 0.2) is 5.78 Å². The first kappa shape index (κ1) is 21.6. The van der Waals surface area contributed by atoms with E-state index in [1.165, 1.54) is 0 Å². The van der Waals surface area contributed by atoms with E-state index in [9.17, 15) is 9.59 Å². The molecule has 0 aliphatic rings. The lowest BCUT2D eigenvalue weighted by molar-refractivity contribution is 0.0472. The molecular formula is C21H30N4O3. The van der Waals surface area contributed by atoms with Crippen molar-refractivity contribution in [2.75, 3.05) is 13.1 Å². The van der Waals surface area contributed by atoms with Crippen molar-refractivity contribution >= 4 is 11.9 Å². The second kappa shape index (κ2) is 9.01. The van der Waals surface area contributed by atoms with Crippen LogP contribution in [-0.2, 0) is 11.3 Å². The Hall–Kier alpha value is -2.67. The van der Waals surface area contributed by atoms with Crippen molar-refractivity contribution in [3.8, 4) is 0 Å². The second-order valence-corrected chi connectivity index (χ2v) is 8.45. The first-order valence-corrected chi connectivity index (χ1v) is 9.35. The number of alkyl carbamates (subject to hydrolysis) is 1. The Morgan fingerprint density at radius 2 is 1.79 bits per heavy atom. The van der Waals surface area contributed by atoms with Crippen molar-refractivity contribution in [3.05, 3.63) is 53.9 Å². The van der Waals surface area contributed by atoms with Crippen molar-refractivity contribution in [1.29, 1.82) is 0 Å². The van der Waals surface area contributed by atoms with Crippen LogP contribution in [0.4, 0.5) is 4.79 Å². The number of ketones is 1. The summed E-state index contributed by atoms with van der Waals surface area (Å²) in [5, 5.41) is 10.2. The van der Waals surface area contributed by atoms with E-state index in [1.807, 2.05) is 65.0 Å². The summed E-state index contributed by atoms with van der Waals surface area (Å²) in [7, 11) is 0. The fourth-order valence-electron chi connectivity index (χ4n) is 2.58. The molecule has 2 rings (SSSR count). The van der Waals surface area contributed by atoms with E-state index in [0.29, 0.717) is 18.7 Å². The predicted octanol–water partition coefficient (Wildman–Crippen LogP) is 3.01. The molecule has 152 valence electrons. The van der Waals surface area contributed by atoms with Crippen LogP contribution in [0.2, 0.25) is 0 Å². The van der Waals surface area contributed by atoms with Gasteiger partial charge >= 0.3 is 6.09 Å². The average Bonchev–Trinajstić information content (AvgIpc) is 3.01. The van der Waals surface area contributed by atoms with E-state index in [4.69, 9.17) is 4.74 Å². The number of hydrogen-bond acceptors (Lipinski definition) is 5. The van der Waals surface area contributed by atoms with Gasteiger partial charge in [-0.3, -0.25) is 9.48 Å². The molecule has 7 nitrogen and oxygen atoms in total. The third-order valence-corrected chi connectivity index (χ3v) is 3.83. The second-order valence-electron chi connectivity index (χ2n) is 8.45. The van der Waals surface area contributed by atoms with Crippen LogP contribution in [-0.4, -0.2) is 45.9 Å². The smallest absolute Gasteiger partial charge is 0.408 e. The summed E-state index contributed by atoms with van der Waals surface area (Å²) < 4.78 is 7.01. The van der Waals surface area contributed by atoms with Gasteiger partial charge in [-0.15, -0.1) is 0 Å². The molecule has 28 heavy (non-hydrogen) atoms. The van der Waals surface area contributed by atoms with Crippen LogP contribution in [0.1, 0.15) is 50.5 Å². The number of carbonyl (C=O) groups excluding carboxylic acids is 2. The molecule has 7 heteroatoms. The summed E-state index contributed by atoms with van der Waals surface area (Å²) >= 11 is 0. The van der Waals surface area contributed by atoms with Crippen LogP contribution in [0.3, 0.4) is 0 Å². The highest BCUT2D eigenvalue weighted by Crippen LogP contribution is 2.09. The summed E-state index contributed by atoms with van der Waals surface area (Å²) in [6.45, 7) is 10.4. The zero-order valence-electron chi connectivity index (χ0n) is 17.3. The van der Waals surface area contributed by atoms with Crippen molar-refractivity contribution in [2.24, 2.45) is 0 Å². The maximum Gasteiger partial charge on any atom is 0.408 e. The molecule has 1 aromatic heterocycles. The summed E-state index contributed by atoms with van der Waals surface area (Å²) in [6, 6.07) is 9.95. The van der Waals surface area contributed by atoms with E-state index >= 15 is 0 Å². The highest BCUT2D eigenvalue weighted by atomic mass is 16.6. The number of Topliss-reactive ketones (excluding diaryl/α,β-unsaturated/α-hetero) is 1. The lowest BCUT2D eigenvalue weighted by Gasteiger charge is -2.28. The van der Waals surface area contributed by atoms with Crippen LogP contribution in [0.25, 0.3) is 0 Å². The summed E-state index contributed by atoms with van der Waals surface area (Å²) in [5.74, 6) is -0.0487. The van der Waals surface area contributed by atoms with E-state index in [-0.39, 0.29) is 12.3 Å². The van der Waals surface area contributed by atoms with Gasteiger partial charge in [-0.2, -0.15) is 5.10 Å². The van der Waals surface area contributed by atoms with Gasteiger partial charge in [0, 0.05) is 12.7 Å². The number of ether oxygens (including phenoxy) is 1. The molecule has 2 N–H and O–H groups in total. The van der Waals surface area contributed by atoms with Crippen molar-refractivity contribution in [3.63, 3.8) is 0 Å². The van der Waals surface area contributed by atoms with Gasteiger partial charge in [0.1, 0.15) is 5.60 Å². The van der Waals surface area contributed by atoms with Crippen LogP contribution in [0.5, 0.6) is 0 Å². The number of aromatic nitrogens is 2. The Labute approximate surface area is 166 Å². The van der Waals surface area contributed by atoms with Crippen LogP contribution < -0.4 is 10.6 Å². The number of carbonyl (C=O) groups is 2. The molecule has 1 aromatic carbocycles. The topological polar surface area (TPSA) is 85.3 Å². The molecule has 0 radical (unpaired) electrons. The first-order valence-electron chi connectivity index (χ1n) is 9.35. The first-order chi connectivity index (χ1) is 13.0. The van der Waals surface area contributed by atoms with Crippen LogP contribution in [0.15, 0.2) is 42.7 Å². The van der Waals surface area contributed by atoms with E-state index in [0.717, 1.165) is 5.56 Å². The lowest BCUT2D eigenvalue weighted by atomic mass is 10.1. The number of nitrogens with one attached hydrogen (secondary N) is 2. The quantitative estimate of drug-likeness (QED) is 0.681. The van der Waals surface area contributed by atoms with Gasteiger partial charge in [0.05, 0.1) is 30.4 Å². The van der Waals surface area contributed by atoms with Crippen LogP contribution in [0, 0.1) is 0 Å². The largest absolute Gasteiger partial charge is 0.444 e. The highest BCUT2D eigenvalue weighted by Gasteiger charge is 2.24. The Balaban J connectivity index is 1.79. The van der Waals surface area contributed by atoms with Gasteiger partial charge in [0.25, 0.3) is 0 Å². The van der Waals surface area contributed by atoms with Gasteiger partial charge in [-0.25, -0.2) is 4.79 Å². The fourth-order valence-corrected chi connectivity index (χ4v) is 2.58. The number of benzene rings is 1. The van der Waals surface area contributed by atoms with E-state index < -0.39 is 17.2 Å². The van der Waals surface area contributed by atoms with Gasteiger partial charge in [-0.1, -0.05) is 30.3 Å². The Kier molecular flexibility index (Phi) is 6.96. The third-order valence-electron chi connectivity index (χ3n) is 3.83. The predicted molar refractivity (Wildman–Crippen MR) is 108 cm³/mol. The minimum Gasteiger partial charge on any atom is -0.444 e. The summed E-state index contributed by atoms with van der Waals surface area (Å²) in [5.41, 5.74) is 0.572. The third kappa shape index (κ3) is 7.52.